The van der Waals surface area contributed by atoms with Gasteiger partial charge in [0.1, 0.15) is 5.75 Å². The Bertz CT molecular complexity index is 835. The summed E-state index contributed by atoms with van der Waals surface area (Å²) >= 11 is 0. The molecule has 1 aromatic carbocycles. The molecular formula is C15H22N2O6S2. The van der Waals surface area contributed by atoms with Gasteiger partial charge in [-0.1, -0.05) is 12.1 Å². The van der Waals surface area contributed by atoms with Crippen LogP contribution in [-0.4, -0.2) is 64.0 Å². The largest absolute Gasteiger partial charge is 0.492 e. The number of para-hydroxylation sites is 2. The molecule has 1 heterocycles. The molecule has 0 bridgehead atoms. The Balaban J connectivity index is 2.13. The van der Waals surface area contributed by atoms with Gasteiger partial charge in [-0.05, 0) is 25.5 Å². The number of nitrogens with zero attached hydrogens (tertiary/aromatic N) is 1. The van der Waals surface area contributed by atoms with Gasteiger partial charge in [-0.3, -0.25) is 4.79 Å². The molecule has 1 amide bonds. The summed E-state index contributed by atoms with van der Waals surface area (Å²) in [5.41, 5.74) is 0.432. The van der Waals surface area contributed by atoms with Gasteiger partial charge in [-0.25, -0.2) is 16.8 Å². The molecule has 0 saturated carbocycles. The first-order valence-corrected chi connectivity index (χ1v) is 11.5. The summed E-state index contributed by atoms with van der Waals surface area (Å²) in [6.45, 7) is 1.78. The van der Waals surface area contributed by atoms with E-state index in [1.165, 1.54) is 0 Å². The summed E-state index contributed by atoms with van der Waals surface area (Å²) in [6.07, 6.45) is 1.16. The van der Waals surface area contributed by atoms with Crippen LogP contribution in [0.4, 0.5) is 5.69 Å². The first kappa shape index (κ1) is 19.7. The normalized spacial score (nSPS) is 19.7. The Morgan fingerprint density at radius 3 is 2.60 bits per heavy atom. The Labute approximate surface area is 148 Å². The highest BCUT2D eigenvalue weighted by molar-refractivity contribution is 7.92. The molecule has 0 spiro atoms. The van der Waals surface area contributed by atoms with Gasteiger partial charge in [-0.2, -0.15) is 4.31 Å². The van der Waals surface area contributed by atoms with E-state index in [9.17, 15) is 21.6 Å². The molecule has 25 heavy (non-hydrogen) atoms. The number of carbonyl (C=O) groups is 1. The molecule has 10 heteroatoms. The third-order valence-electron chi connectivity index (χ3n) is 3.80. The van der Waals surface area contributed by atoms with Crippen molar-refractivity contribution in [3.8, 4) is 5.75 Å². The van der Waals surface area contributed by atoms with Crippen LogP contribution < -0.4 is 10.1 Å². The van der Waals surface area contributed by atoms with Gasteiger partial charge >= 0.3 is 0 Å². The van der Waals surface area contributed by atoms with Crippen LogP contribution in [0.2, 0.25) is 0 Å². The third-order valence-corrected chi connectivity index (χ3v) is 6.83. The lowest BCUT2D eigenvalue weighted by molar-refractivity contribution is -0.116. The second kappa shape index (κ2) is 7.71. The Hall–Kier alpha value is -1.65. The lowest BCUT2D eigenvalue weighted by atomic mass is 10.2. The van der Waals surface area contributed by atoms with Crippen molar-refractivity contribution < 1.29 is 26.4 Å². The van der Waals surface area contributed by atoms with Crippen molar-refractivity contribution in [2.45, 2.75) is 19.4 Å². The van der Waals surface area contributed by atoms with Gasteiger partial charge in [0.15, 0.2) is 9.84 Å². The minimum atomic E-state index is -3.73. The zero-order chi connectivity index (χ0) is 18.7. The molecule has 140 valence electrons. The number of carbonyl (C=O) groups excluding carboxylic acids is 1. The van der Waals surface area contributed by atoms with Crippen molar-refractivity contribution in [1.82, 2.24) is 4.31 Å². The topological polar surface area (TPSA) is 110 Å². The van der Waals surface area contributed by atoms with Crippen LogP contribution in [0.15, 0.2) is 24.3 Å². The van der Waals surface area contributed by atoms with Crippen LogP contribution in [-0.2, 0) is 24.7 Å². The smallest absolute Gasteiger partial charge is 0.239 e. The van der Waals surface area contributed by atoms with Crippen molar-refractivity contribution >= 4 is 31.5 Å². The Kier molecular flexibility index (Phi) is 6.07. The number of hydrogen-bond donors (Lipinski definition) is 1. The SMILES string of the molecule is CCOc1ccccc1NC(=O)CN(C1CCS(=O)(=O)C1)S(C)(=O)=O. The van der Waals surface area contributed by atoms with Gasteiger partial charge in [-0.15, -0.1) is 0 Å². The second-order valence-corrected chi connectivity index (χ2v) is 10.0. The van der Waals surface area contributed by atoms with Crippen LogP contribution in [0.3, 0.4) is 0 Å². The first-order valence-electron chi connectivity index (χ1n) is 7.81. The van der Waals surface area contributed by atoms with Gasteiger partial charge in [0.05, 0.1) is 36.6 Å². The average molecular weight is 390 g/mol. The van der Waals surface area contributed by atoms with E-state index in [1.807, 2.05) is 6.92 Å². The zero-order valence-corrected chi connectivity index (χ0v) is 15.8. The second-order valence-electron chi connectivity index (χ2n) is 5.84. The monoisotopic (exact) mass is 390 g/mol. The summed E-state index contributed by atoms with van der Waals surface area (Å²) < 4.78 is 53.6. The molecule has 1 saturated heterocycles. The summed E-state index contributed by atoms with van der Waals surface area (Å²) in [5, 5.41) is 2.62. The molecule has 1 aliphatic rings. The van der Waals surface area contributed by atoms with E-state index in [-0.39, 0.29) is 17.9 Å². The predicted molar refractivity (Wildman–Crippen MR) is 94.8 cm³/mol. The molecule has 1 aliphatic heterocycles. The minimum absolute atomic E-state index is 0.0710. The lowest BCUT2D eigenvalue weighted by Gasteiger charge is -2.25. The van der Waals surface area contributed by atoms with Crippen LogP contribution in [0.25, 0.3) is 0 Å². The molecule has 1 fully saturated rings. The third kappa shape index (κ3) is 5.41. The van der Waals surface area contributed by atoms with Crippen molar-refractivity contribution in [2.24, 2.45) is 0 Å². The summed E-state index contributed by atoms with van der Waals surface area (Å²) in [4.78, 5) is 12.3. The summed E-state index contributed by atoms with van der Waals surface area (Å²) in [7, 11) is -7.00. The van der Waals surface area contributed by atoms with E-state index in [1.54, 1.807) is 24.3 Å². The van der Waals surface area contributed by atoms with Crippen LogP contribution in [0.5, 0.6) is 5.75 Å². The van der Waals surface area contributed by atoms with E-state index in [0.717, 1.165) is 10.6 Å². The Morgan fingerprint density at radius 1 is 1.36 bits per heavy atom. The molecule has 8 nitrogen and oxygen atoms in total. The van der Waals surface area contributed by atoms with Crippen molar-refractivity contribution in [3.63, 3.8) is 0 Å². The number of nitrogens with one attached hydrogen (secondary N) is 1. The number of amides is 1. The molecule has 1 N–H and O–H groups in total. The van der Waals surface area contributed by atoms with Gasteiger partial charge in [0, 0.05) is 6.04 Å². The summed E-state index contributed by atoms with van der Waals surface area (Å²) in [5.74, 6) is -0.406. The number of ether oxygens (including phenoxy) is 1. The predicted octanol–water partition coefficient (Wildman–Crippen LogP) is 0.473. The fourth-order valence-corrected chi connectivity index (χ4v) is 5.60. The maximum Gasteiger partial charge on any atom is 0.239 e. The lowest BCUT2D eigenvalue weighted by Crippen LogP contribution is -2.44. The quantitative estimate of drug-likeness (QED) is 0.725. The van der Waals surface area contributed by atoms with E-state index in [2.05, 4.69) is 5.32 Å². The Morgan fingerprint density at radius 2 is 2.04 bits per heavy atom. The van der Waals surface area contributed by atoms with E-state index >= 15 is 0 Å². The molecule has 1 atom stereocenters. The number of sulfonamides is 1. The number of hydrogen-bond acceptors (Lipinski definition) is 6. The number of rotatable bonds is 7. The van der Waals surface area contributed by atoms with Crippen LogP contribution in [0, 0.1) is 0 Å². The van der Waals surface area contributed by atoms with Gasteiger partial charge < -0.3 is 10.1 Å². The molecule has 1 unspecified atom stereocenters. The molecule has 1 aromatic rings. The van der Waals surface area contributed by atoms with E-state index in [0.29, 0.717) is 18.0 Å². The number of sulfone groups is 1. The van der Waals surface area contributed by atoms with Crippen LogP contribution in [0.1, 0.15) is 13.3 Å². The maximum atomic E-state index is 12.3. The standard InChI is InChI=1S/C15H22N2O6S2/c1-3-23-14-7-5-4-6-13(14)16-15(18)10-17(24(2,19)20)12-8-9-25(21,22)11-12/h4-7,12H,3,8-11H2,1-2H3,(H,16,18). The average Bonchev–Trinajstić information content (AvgIpc) is 2.85. The molecule has 2 rings (SSSR count). The fourth-order valence-electron chi connectivity index (χ4n) is 2.70. The number of anilines is 1. The molecule has 0 radical (unpaired) electrons. The highest BCUT2D eigenvalue weighted by Gasteiger charge is 2.37. The van der Waals surface area contributed by atoms with Crippen LogP contribution >= 0.6 is 0 Å². The highest BCUT2D eigenvalue weighted by Crippen LogP contribution is 2.24. The van der Waals surface area contributed by atoms with Crippen molar-refractivity contribution in [2.75, 3.05) is 36.2 Å². The van der Waals surface area contributed by atoms with Crippen molar-refractivity contribution in [3.05, 3.63) is 24.3 Å². The first-order chi connectivity index (χ1) is 11.6. The molecular weight excluding hydrogens is 368 g/mol. The zero-order valence-electron chi connectivity index (χ0n) is 14.1. The van der Waals surface area contributed by atoms with Gasteiger partial charge in [0.25, 0.3) is 0 Å². The minimum Gasteiger partial charge on any atom is -0.492 e. The highest BCUT2D eigenvalue weighted by atomic mass is 32.2. The fraction of sp³-hybridized carbons (Fsp3) is 0.533. The van der Waals surface area contributed by atoms with E-state index < -0.39 is 38.4 Å². The van der Waals surface area contributed by atoms with E-state index in [4.69, 9.17) is 4.74 Å². The maximum absolute atomic E-state index is 12.3. The molecule has 0 aromatic heterocycles. The van der Waals surface area contributed by atoms with Crippen molar-refractivity contribution in [1.29, 1.82) is 0 Å². The molecule has 0 aliphatic carbocycles. The van der Waals surface area contributed by atoms with Gasteiger partial charge in [0.2, 0.25) is 15.9 Å². The summed E-state index contributed by atoms with van der Waals surface area (Å²) in [6, 6.07) is 6.10. The number of benzene rings is 1.